The lowest BCUT2D eigenvalue weighted by Crippen LogP contribution is -2.10. The van der Waals surface area contributed by atoms with Crippen LogP contribution in [0.4, 0.5) is 0 Å². The van der Waals surface area contributed by atoms with E-state index in [0.29, 0.717) is 0 Å². The molecule has 3 heteroatoms. The zero-order valence-electron chi connectivity index (χ0n) is 10.5. The summed E-state index contributed by atoms with van der Waals surface area (Å²) in [6.45, 7) is 4.24. The zero-order chi connectivity index (χ0) is 12.3. The third-order valence-corrected chi connectivity index (χ3v) is 3.48. The van der Waals surface area contributed by atoms with Crippen LogP contribution < -0.4 is 5.32 Å². The van der Waals surface area contributed by atoms with Crippen LogP contribution in [0.25, 0.3) is 10.9 Å². The fourth-order valence-corrected chi connectivity index (χ4v) is 2.55. The van der Waals surface area contributed by atoms with Gasteiger partial charge in [-0.3, -0.25) is 0 Å². The third-order valence-electron chi connectivity index (χ3n) is 3.15. The van der Waals surface area contributed by atoms with E-state index in [2.05, 4.69) is 28.9 Å². The van der Waals surface area contributed by atoms with Crippen molar-refractivity contribution in [2.45, 2.75) is 26.3 Å². The molecule has 1 aromatic heterocycles. The molecule has 0 atom stereocenters. The number of halogens is 1. The van der Waals surface area contributed by atoms with Crippen molar-refractivity contribution < 1.29 is 0 Å². The van der Waals surface area contributed by atoms with Crippen molar-refractivity contribution in [1.82, 2.24) is 9.88 Å². The molecular formula is C14H19ClN2. The summed E-state index contributed by atoms with van der Waals surface area (Å²) in [5.41, 5.74) is 2.63. The largest absolute Gasteiger partial charge is 0.345 e. The average Bonchev–Trinajstić information content (AvgIpc) is 2.69. The van der Waals surface area contributed by atoms with Crippen molar-refractivity contribution in [3.63, 3.8) is 0 Å². The summed E-state index contributed by atoms with van der Waals surface area (Å²) in [5, 5.41) is 5.21. The van der Waals surface area contributed by atoms with Gasteiger partial charge < -0.3 is 9.88 Å². The van der Waals surface area contributed by atoms with Crippen LogP contribution in [0.3, 0.4) is 0 Å². The molecule has 0 unspecified atom stereocenters. The van der Waals surface area contributed by atoms with Crippen molar-refractivity contribution in [2.24, 2.45) is 0 Å². The molecule has 1 N–H and O–H groups in total. The van der Waals surface area contributed by atoms with E-state index in [1.807, 2.05) is 19.2 Å². The van der Waals surface area contributed by atoms with Crippen LogP contribution in [0.5, 0.6) is 0 Å². The number of aryl methyl sites for hydroxylation is 2. The molecule has 1 aromatic carbocycles. The lowest BCUT2D eigenvalue weighted by atomic mass is 10.2. The van der Waals surface area contributed by atoms with Crippen molar-refractivity contribution in [3.8, 4) is 0 Å². The number of benzene rings is 1. The third kappa shape index (κ3) is 2.48. The molecule has 0 aliphatic heterocycles. The van der Waals surface area contributed by atoms with Crippen LogP contribution in [-0.2, 0) is 13.0 Å². The molecule has 0 saturated carbocycles. The van der Waals surface area contributed by atoms with Gasteiger partial charge in [-0.25, -0.2) is 0 Å². The number of fused-ring (bicyclic) bond motifs is 1. The minimum absolute atomic E-state index is 0.851. The van der Waals surface area contributed by atoms with E-state index in [1.165, 1.54) is 16.6 Å². The van der Waals surface area contributed by atoms with Crippen LogP contribution >= 0.6 is 11.6 Å². The highest BCUT2D eigenvalue weighted by Gasteiger charge is 2.09. The van der Waals surface area contributed by atoms with E-state index in [-0.39, 0.29) is 0 Å². The Hall–Kier alpha value is -0.990. The van der Waals surface area contributed by atoms with Gasteiger partial charge in [-0.15, -0.1) is 0 Å². The highest BCUT2D eigenvalue weighted by atomic mass is 35.5. The highest BCUT2D eigenvalue weighted by molar-refractivity contribution is 6.35. The Kier molecular flexibility index (Phi) is 4.08. The Morgan fingerprint density at radius 3 is 2.88 bits per heavy atom. The molecule has 0 radical (unpaired) electrons. The quantitative estimate of drug-likeness (QED) is 0.805. The number of hydrogen-bond donors (Lipinski definition) is 1. The molecule has 0 aliphatic carbocycles. The van der Waals surface area contributed by atoms with E-state index >= 15 is 0 Å². The molecule has 2 nitrogen and oxygen atoms in total. The Labute approximate surface area is 108 Å². The molecule has 0 amide bonds. The minimum atomic E-state index is 0.851. The van der Waals surface area contributed by atoms with E-state index in [1.54, 1.807) is 0 Å². The Morgan fingerprint density at radius 2 is 2.18 bits per heavy atom. The average molecular weight is 251 g/mol. The second-order valence-electron chi connectivity index (χ2n) is 4.26. The monoisotopic (exact) mass is 250 g/mol. The fourth-order valence-electron chi connectivity index (χ4n) is 2.33. The first-order valence-corrected chi connectivity index (χ1v) is 6.57. The predicted octanol–water partition coefficient (Wildman–Crippen LogP) is 3.47. The molecule has 1 heterocycles. The molecular weight excluding hydrogens is 232 g/mol. The second kappa shape index (κ2) is 5.56. The van der Waals surface area contributed by atoms with Gasteiger partial charge in [0, 0.05) is 28.2 Å². The first kappa shape index (κ1) is 12.5. The smallest absolute Gasteiger partial charge is 0.0499 e. The summed E-state index contributed by atoms with van der Waals surface area (Å²) < 4.78 is 2.36. The topological polar surface area (TPSA) is 17.0 Å². The van der Waals surface area contributed by atoms with E-state index in [9.17, 15) is 0 Å². The van der Waals surface area contributed by atoms with Gasteiger partial charge in [0.15, 0.2) is 0 Å². The SMILES string of the molecule is CCn1c(CCCNC)cc2c(Cl)cccc21. The minimum Gasteiger partial charge on any atom is -0.345 e. The summed E-state index contributed by atoms with van der Waals surface area (Å²) >= 11 is 6.23. The molecule has 0 spiro atoms. The van der Waals surface area contributed by atoms with Crippen LogP contribution in [0.15, 0.2) is 24.3 Å². The van der Waals surface area contributed by atoms with E-state index < -0.39 is 0 Å². The fraction of sp³-hybridized carbons (Fsp3) is 0.429. The first-order chi connectivity index (χ1) is 8.27. The predicted molar refractivity (Wildman–Crippen MR) is 74.9 cm³/mol. The second-order valence-corrected chi connectivity index (χ2v) is 4.67. The lowest BCUT2D eigenvalue weighted by molar-refractivity contribution is 0.673. The Bertz CT molecular complexity index is 502. The molecule has 0 saturated heterocycles. The van der Waals surface area contributed by atoms with Gasteiger partial charge in [0.2, 0.25) is 0 Å². The van der Waals surface area contributed by atoms with Crippen LogP contribution in [0.1, 0.15) is 19.0 Å². The van der Waals surface area contributed by atoms with Gasteiger partial charge >= 0.3 is 0 Å². The van der Waals surface area contributed by atoms with Crippen molar-refractivity contribution in [2.75, 3.05) is 13.6 Å². The van der Waals surface area contributed by atoms with Gasteiger partial charge in [-0.2, -0.15) is 0 Å². The van der Waals surface area contributed by atoms with Gasteiger partial charge in [-0.05, 0) is 51.6 Å². The maximum Gasteiger partial charge on any atom is 0.0499 e. The number of nitrogens with one attached hydrogen (secondary N) is 1. The summed E-state index contributed by atoms with van der Waals surface area (Å²) in [6.07, 6.45) is 2.25. The molecule has 17 heavy (non-hydrogen) atoms. The Balaban J connectivity index is 2.38. The number of hydrogen-bond acceptors (Lipinski definition) is 1. The van der Waals surface area contributed by atoms with Crippen molar-refractivity contribution in [3.05, 3.63) is 35.0 Å². The summed E-state index contributed by atoms with van der Waals surface area (Å²) in [6, 6.07) is 8.36. The number of aromatic nitrogens is 1. The number of nitrogens with zero attached hydrogens (tertiary/aromatic N) is 1. The Morgan fingerprint density at radius 1 is 1.35 bits per heavy atom. The van der Waals surface area contributed by atoms with Crippen molar-refractivity contribution >= 4 is 22.5 Å². The van der Waals surface area contributed by atoms with Crippen molar-refractivity contribution in [1.29, 1.82) is 0 Å². The standard InChI is InChI=1S/C14H19ClN2/c1-3-17-11(6-5-9-16-2)10-12-13(15)7-4-8-14(12)17/h4,7-8,10,16H,3,5-6,9H2,1-2H3. The van der Waals surface area contributed by atoms with Gasteiger partial charge in [0.25, 0.3) is 0 Å². The normalized spacial score (nSPS) is 11.2. The van der Waals surface area contributed by atoms with Crippen LogP contribution in [-0.4, -0.2) is 18.2 Å². The molecule has 0 aliphatic rings. The van der Waals surface area contributed by atoms with Crippen LogP contribution in [0.2, 0.25) is 5.02 Å². The maximum absolute atomic E-state index is 6.23. The molecule has 2 aromatic rings. The van der Waals surface area contributed by atoms with E-state index in [0.717, 1.165) is 31.0 Å². The van der Waals surface area contributed by atoms with Gasteiger partial charge in [0.05, 0.1) is 0 Å². The lowest BCUT2D eigenvalue weighted by Gasteiger charge is -2.07. The summed E-state index contributed by atoms with van der Waals surface area (Å²) in [7, 11) is 1.99. The molecule has 0 fully saturated rings. The zero-order valence-corrected chi connectivity index (χ0v) is 11.2. The first-order valence-electron chi connectivity index (χ1n) is 6.19. The molecule has 0 bridgehead atoms. The molecule has 92 valence electrons. The molecule has 2 rings (SSSR count). The van der Waals surface area contributed by atoms with Gasteiger partial charge in [0.1, 0.15) is 0 Å². The van der Waals surface area contributed by atoms with Crippen LogP contribution in [0, 0.1) is 0 Å². The summed E-state index contributed by atoms with van der Waals surface area (Å²) in [5.74, 6) is 0. The highest BCUT2D eigenvalue weighted by Crippen LogP contribution is 2.27. The van der Waals surface area contributed by atoms with E-state index in [4.69, 9.17) is 11.6 Å². The maximum atomic E-state index is 6.23. The summed E-state index contributed by atoms with van der Waals surface area (Å²) in [4.78, 5) is 0. The number of rotatable bonds is 5. The van der Waals surface area contributed by atoms with Gasteiger partial charge in [-0.1, -0.05) is 17.7 Å².